The summed E-state index contributed by atoms with van der Waals surface area (Å²) in [6.07, 6.45) is 7.34. The van der Waals surface area contributed by atoms with Crippen LogP contribution in [0, 0.1) is 18.3 Å². The van der Waals surface area contributed by atoms with Gasteiger partial charge in [-0.05, 0) is 39.4 Å². The van der Waals surface area contributed by atoms with Crippen LogP contribution < -0.4 is 20.2 Å². The van der Waals surface area contributed by atoms with Gasteiger partial charge < -0.3 is 29.1 Å². The Morgan fingerprint density at radius 3 is 2.56 bits per heavy atom. The summed E-state index contributed by atoms with van der Waals surface area (Å²) in [4.78, 5) is 35.1. The fourth-order valence-corrected chi connectivity index (χ4v) is 3.88. The van der Waals surface area contributed by atoms with Crippen molar-refractivity contribution in [3.8, 4) is 18.1 Å². The van der Waals surface area contributed by atoms with E-state index in [9.17, 15) is 19.5 Å². The Hall–Kier alpha value is -3.00. The molecule has 0 aliphatic rings. The topological polar surface area (TPSA) is 138 Å². The van der Waals surface area contributed by atoms with Crippen molar-refractivity contribution in [2.45, 2.75) is 38.6 Å². The number of terminal acetylenes is 1. The number of hydrogen-bond acceptors (Lipinski definition) is 10. The average Bonchev–Trinajstić information content (AvgIpc) is 2.85. The van der Waals surface area contributed by atoms with Gasteiger partial charge in [0.05, 0.1) is 18.6 Å². The van der Waals surface area contributed by atoms with Crippen molar-refractivity contribution in [3.63, 3.8) is 0 Å². The summed E-state index contributed by atoms with van der Waals surface area (Å²) in [7, 11) is 1.58. The molecule has 0 saturated carbocycles. The number of nitrogens with one attached hydrogen (secondary N) is 3. The number of likely N-dealkylation sites (N-methyl/N-ethyl adjacent to an activating group) is 1. The highest BCUT2D eigenvalue weighted by atomic mass is 31.2. The SMILES string of the molecule is C#CC(CC(COP(NCC(=O)OC(C)C)Oc1ccccc1)NC)C(O)N(C)/C=C\C(=O)NC=O. The highest BCUT2D eigenvalue weighted by Gasteiger charge is 2.25. The van der Waals surface area contributed by atoms with Gasteiger partial charge in [-0.2, -0.15) is 0 Å². The second kappa shape index (κ2) is 17.4. The molecule has 0 heterocycles. The van der Waals surface area contributed by atoms with Crippen LogP contribution in [0.5, 0.6) is 5.75 Å². The maximum atomic E-state index is 12.0. The Morgan fingerprint density at radius 1 is 1.28 bits per heavy atom. The maximum absolute atomic E-state index is 12.0. The molecule has 0 aromatic heterocycles. The lowest BCUT2D eigenvalue weighted by Gasteiger charge is -2.29. The first kappa shape index (κ1) is 31.0. The van der Waals surface area contributed by atoms with Crippen LogP contribution in [0.3, 0.4) is 0 Å². The standard InChI is InChI=1S/C24H35N4O7P/c1-6-19(24(32)28(5)13-12-22(30)26-17-29)14-20(25-4)16-33-36(27-15-23(31)34-18(2)3)35-21-10-8-7-9-11-21/h1,7-13,17-20,24-25,27,32H,14-16H2,2-5H3,(H,26,29,30)/b13-12-. The summed E-state index contributed by atoms with van der Waals surface area (Å²) in [6, 6.07) is 8.76. The average molecular weight is 523 g/mol. The number of amides is 2. The molecule has 198 valence electrons. The number of carbonyl (C=O) groups excluding carboxylic acids is 3. The van der Waals surface area contributed by atoms with E-state index in [1.165, 1.54) is 11.1 Å². The van der Waals surface area contributed by atoms with E-state index in [1.807, 2.05) is 23.5 Å². The Labute approximate surface area is 213 Å². The Kier molecular flexibility index (Phi) is 15.0. The number of imide groups is 1. The van der Waals surface area contributed by atoms with E-state index in [1.54, 1.807) is 40.1 Å². The van der Waals surface area contributed by atoms with E-state index in [-0.39, 0.29) is 31.7 Å². The van der Waals surface area contributed by atoms with Gasteiger partial charge in [0.2, 0.25) is 6.41 Å². The van der Waals surface area contributed by atoms with Crippen LogP contribution in [0.15, 0.2) is 42.6 Å². The predicted molar refractivity (Wildman–Crippen MR) is 136 cm³/mol. The fourth-order valence-electron chi connectivity index (χ4n) is 2.79. The highest BCUT2D eigenvalue weighted by Crippen LogP contribution is 2.35. The van der Waals surface area contributed by atoms with Crippen molar-refractivity contribution in [3.05, 3.63) is 42.6 Å². The van der Waals surface area contributed by atoms with Crippen molar-refractivity contribution in [2.24, 2.45) is 5.92 Å². The molecule has 11 nitrogen and oxygen atoms in total. The molecule has 0 fully saturated rings. The number of carbonyl (C=O) groups is 3. The molecule has 0 bridgehead atoms. The molecule has 0 radical (unpaired) electrons. The Bertz CT molecular complexity index is 879. The van der Waals surface area contributed by atoms with Gasteiger partial charge in [0.15, 0.2) is 0 Å². The normalized spacial score (nSPS) is 14.4. The lowest BCUT2D eigenvalue weighted by atomic mass is 9.98. The first-order valence-corrected chi connectivity index (χ1v) is 12.4. The molecule has 1 rings (SSSR count). The van der Waals surface area contributed by atoms with E-state index in [0.29, 0.717) is 12.2 Å². The lowest BCUT2D eigenvalue weighted by molar-refractivity contribution is -0.145. The molecule has 0 saturated heterocycles. The smallest absolute Gasteiger partial charge is 0.320 e. The second-order valence-corrected chi connectivity index (χ2v) is 9.12. The van der Waals surface area contributed by atoms with E-state index in [2.05, 4.69) is 16.3 Å². The second-order valence-electron chi connectivity index (χ2n) is 7.85. The summed E-state index contributed by atoms with van der Waals surface area (Å²) in [5, 5.41) is 18.7. The number of rotatable bonds is 17. The molecule has 2 amide bonds. The van der Waals surface area contributed by atoms with Crippen LogP contribution in [-0.2, 0) is 23.6 Å². The number of aliphatic hydroxyl groups excluding tert-OH is 1. The van der Waals surface area contributed by atoms with Crippen LogP contribution in [0.1, 0.15) is 20.3 Å². The van der Waals surface area contributed by atoms with Crippen LogP contribution in [0.25, 0.3) is 0 Å². The minimum absolute atomic E-state index is 0.0958. The zero-order valence-electron chi connectivity index (χ0n) is 20.9. The minimum Gasteiger partial charge on any atom is -0.462 e. The fraction of sp³-hybridized carbons (Fsp3) is 0.458. The van der Waals surface area contributed by atoms with Crippen LogP contribution in [-0.4, -0.2) is 73.9 Å². The minimum atomic E-state index is -1.71. The zero-order chi connectivity index (χ0) is 26.9. The van der Waals surface area contributed by atoms with E-state index in [0.717, 1.165) is 6.08 Å². The third kappa shape index (κ3) is 12.6. The van der Waals surface area contributed by atoms with E-state index in [4.69, 9.17) is 20.2 Å². The van der Waals surface area contributed by atoms with Crippen molar-refractivity contribution in [1.29, 1.82) is 0 Å². The van der Waals surface area contributed by atoms with Gasteiger partial charge in [0, 0.05) is 25.4 Å². The summed E-state index contributed by atoms with van der Waals surface area (Å²) in [5.41, 5.74) is 0. The van der Waals surface area contributed by atoms with Gasteiger partial charge in [0.25, 0.3) is 5.91 Å². The van der Waals surface area contributed by atoms with Gasteiger partial charge in [0.1, 0.15) is 18.5 Å². The molecule has 4 N–H and O–H groups in total. The van der Waals surface area contributed by atoms with Crippen molar-refractivity contribution < 1.29 is 33.3 Å². The number of nitrogens with zero attached hydrogens (tertiary/aromatic N) is 1. The number of aliphatic hydroxyl groups is 1. The first-order valence-electron chi connectivity index (χ1n) is 11.2. The first-order chi connectivity index (χ1) is 17.2. The van der Waals surface area contributed by atoms with E-state index < -0.39 is 32.5 Å². The molecule has 36 heavy (non-hydrogen) atoms. The van der Waals surface area contributed by atoms with Gasteiger partial charge in [-0.3, -0.25) is 19.7 Å². The molecule has 4 atom stereocenters. The largest absolute Gasteiger partial charge is 0.462 e. The third-order valence-corrected chi connectivity index (χ3v) is 5.82. The Balaban J connectivity index is 2.76. The van der Waals surface area contributed by atoms with Crippen LogP contribution >= 0.6 is 8.53 Å². The summed E-state index contributed by atoms with van der Waals surface area (Å²) in [6.45, 7) is 3.59. The van der Waals surface area contributed by atoms with Gasteiger partial charge in [-0.1, -0.05) is 24.1 Å². The third-order valence-electron chi connectivity index (χ3n) is 4.64. The monoisotopic (exact) mass is 522 g/mol. The van der Waals surface area contributed by atoms with Crippen LogP contribution in [0.4, 0.5) is 0 Å². The quantitative estimate of drug-likeness (QED) is 0.0588. The summed E-state index contributed by atoms with van der Waals surface area (Å²) in [5.74, 6) is 1.45. The van der Waals surface area contributed by atoms with Crippen molar-refractivity contribution >= 4 is 26.8 Å². The highest BCUT2D eigenvalue weighted by molar-refractivity contribution is 7.45. The zero-order valence-corrected chi connectivity index (χ0v) is 21.8. The molecule has 1 aromatic rings. The summed E-state index contributed by atoms with van der Waals surface area (Å²) < 4.78 is 17.0. The van der Waals surface area contributed by atoms with Gasteiger partial charge >= 0.3 is 14.5 Å². The van der Waals surface area contributed by atoms with Crippen molar-refractivity contribution in [2.75, 3.05) is 27.2 Å². The number of benzene rings is 1. The molecule has 0 spiro atoms. The van der Waals surface area contributed by atoms with Gasteiger partial charge in [-0.25, -0.2) is 5.09 Å². The van der Waals surface area contributed by atoms with Crippen molar-refractivity contribution in [1.82, 2.24) is 20.6 Å². The molecule has 4 unspecified atom stereocenters. The summed E-state index contributed by atoms with van der Waals surface area (Å²) >= 11 is 0. The molecule has 0 aliphatic carbocycles. The van der Waals surface area contributed by atoms with Crippen LogP contribution in [0.2, 0.25) is 0 Å². The maximum Gasteiger partial charge on any atom is 0.320 e. The number of ether oxygens (including phenoxy) is 1. The molecular weight excluding hydrogens is 487 g/mol. The molecular formula is C24H35N4O7P. The molecule has 12 heteroatoms. The number of para-hydroxylation sites is 1. The molecule has 1 aromatic carbocycles. The Morgan fingerprint density at radius 2 is 1.97 bits per heavy atom. The number of hydrogen-bond donors (Lipinski definition) is 4. The lowest BCUT2D eigenvalue weighted by Crippen LogP contribution is -2.40. The predicted octanol–water partition coefficient (Wildman–Crippen LogP) is 1.11. The molecule has 0 aliphatic heterocycles. The van der Waals surface area contributed by atoms with E-state index >= 15 is 0 Å². The van der Waals surface area contributed by atoms with Gasteiger partial charge in [-0.15, -0.1) is 6.42 Å². The number of esters is 1.